The summed E-state index contributed by atoms with van der Waals surface area (Å²) in [6.07, 6.45) is 0.00993. The number of carboxylic acids is 1. The fourth-order valence-electron chi connectivity index (χ4n) is 2.56. The van der Waals surface area contributed by atoms with Crippen LogP contribution in [0.1, 0.15) is 0 Å². The van der Waals surface area contributed by atoms with Crippen LogP contribution in [-0.4, -0.2) is 48.8 Å². The minimum atomic E-state index is -1.40. The van der Waals surface area contributed by atoms with Gasteiger partial charge in [-0.15, -0.1) is 0 Å². The smallest absolute Gasteiger partial charge is 0.415 e. The van der Waals surface area contributed by atoms with Gasteiger partial charge in [-0.25, -0.2) is 18.4 Å². The second-order valence-corrected chi connectivity index (χ2v) is 5.38. The molecule has 2 N–H and O–H groups in total. The number of benzene rings is 1. The highest BCUT2D eigenvalue weighted by Crippen LogP contribution is 2.31. The SMILES string of the molecule is O=C1C=CN(c2c(F)cc(N3C[C@H](C(=O)O)OC3=O)cc2F)CCN1. The number of carbonyl (C=O) groups is 3. The van der Waals surface area contributed by atoms with Crippen LogP contribution in [0.3, 0.4) is 0 Å². The second-order valence-electron chi connectivity index (χ2n) is 5.38. The molecule has 1 aromatic carbocycles. The Hall–Kier alpha value is -3.17. The highest BCUT2D eigenvalue weighted by Gasteiger charge is 2.37. The number of carboxylic acid groups (broad SMARTS) is 1. The van der Waals surface area contributed by atoms with Crippen LogP contribution in [-0.2, 0) is 14.3 Å². The van der Waals surface area contributed by atoms with Crippen LogP contribution in [0, 0.1) is 11.6 Å². The molecule has 2 amide bonds. The first-order valence-corrected chi connectivity index (χ1v) is 7.29. The maximum absolute atomic E-state index is 14.4. The molecule has 132 valence electrons. The number of ether oxygens (including phenoxy) is 1. The van der Waals surface area contributed by atoms with Crippen molar-refractivity contribution in [3.05, 3.63) is 36.0 Å². The Labute approximate surface area is 140 Å². The number of nitrogens with one attached hydrogen (secondary N) is 1. The van der Waals surface area contributed by atoms with Crippen LogP contribution < -0.4 is 15.1 Å². The van der Waals surface area contributed by atoms with Gasteiger partial charge >= 0.3 is 12.1 Å². The summed E-state index contributed by atoms with van der Waals surface area (Å²) in [6, 6.07) is 1.83. The Morgan fingerprint density at radius 1 is 1.28 bits per heavy atom. The summed E-state index contributed by atoms with van der Waals surface area (Å²) in [5.41, 5.74) is -0.528. The summed E-state index contributed by atoms with van der Waals surface area (Å²) in [7, 11) is 0. The number of carbonyl (C=O) groups excluding carboxylic acids is 2. The third-order valence-electron chi connectivity index (χ3n) is 3.75. The number of amides is 2. The summed E-state index contributed by atoms with van der Waals surface area (Å²) < 4.78 is 33.5. The van der Waals surface area contributed by atoms with Crippen molar-refractivity contribution in [2.24, 2.45) is 0 Å². The van der Waals surface area contributed by atoms with Crippen LogP contribution in [0.5, 0.6) is 0 Å². The molecule has 0 bridgehead atoms. The minimum Gasteiger partial charge on any atom is -0.478 e. The molecule has 1 saturated heterocycles. The van der Waals surface area contributed by atoms with E-state index in [2.05, 4.69) is 10.1 Å². The van der Waals surface area contributed by atoms with E-state index in [1.54, 1.807) is 0 Å². The molecule has 0 unspecified atom stereocenters. The average molecular weight is 353 g/mol. The van der Waals surface area contributed by atoms with Crippen molar-refractivity contribution in [2.75, 3.05) is 29.4 Å². The number of halogens is 2. The van der Waals surface area contributed by atoms with Gasteiger partial charge in [-0.3, -0.25) is 9.69 Å². The fourth-order valence-corrected chi connectivity index (χ4v) is 2.56. The summed E-state index contributed by atoms with van der Waals surface area (Å²) in [6.45, 7) is 0.00190. The molecule has 25 heavy (non-hydrogen) atoms. The number of hydrogen-bond acceptors (Lipinski definition) is 5. The Balaban J connectivity index is 1.90. The number of nitrogens with zero attached hydrogens (tertiary/aromatic N) is 2. The van der Waals surface area contributed by atoms with E-state index in [0.717, 1.165) is 23.1 Å². The predicted molar refractivity (Wildman–Crippen MR) is 81.1 cm³/mol. The molecule has 0 radical (unpaired) electrons. The zero-order chi connectivity index (χ0) is 18.1. The average Bonchev–Trinajstić information content (AvgIpc) is 2.81. The standard InChI is InChI=1S/C15H13F2N3O5/c16-9-5-8(20-7-11(14(22)23)25-15(20)24)6-10(17)13(9)19-3-1-12(21)18-2-4-19/h1,3,5-6,11H,2,4,7H2,(H,18,21)(H,22,23)/t11-/m1/s1. The molecule has 0 aromatic heterocycles. The van der Waals surface area contributed by atoms with Gasteiger partial charge in [0.1, 0.15) is 5.69 Å². The molecular weight excluding hydrogens is 340 g/mol. The molecule has 1 fully saturated rings. The Kier molecular flexibility index (Phi) is 4.26. The van der Waals surface area contributed by atoms with E-state index >= 15 is 0 Å². The van der Waals surface area contributed by atoms with Gasteiger partial charge in [0.25, 0.3) is 0 Å². The zero-order valence-electron chi connectivity index (χ0n) is 12.7. The first kappa shape index (κ1) is 16.7. The van der Waals surface area contributed by atoms with Crippen LogP contribution >= 0.6 is 0 Å². The highest BCUT2D eigenvalue weighted by atomic mass is 19.1. The maximum atomic E-state index is 14.4. The van der Waals surface area contributed by atoms with Gasteiger partial charge in [0, 0.05) is 37.5 Å². The Bertz CT molecular complexity index is 759. The van der Waals surface area contributed by atoms with Crippen molar-refractivity contribution in [1.29, 1.82) is 0 Å². The molecule has 2 heterocycles. The van der Waals surface area contributed by atoms with Gasteiger partial charge in [-0.05, 0) is 0 Å². The number of cyclic esters (lactones) is 1. The lowest BCUT2D eigenvalue weighted by Crippen LogP contribution is -2.29. The highest BCUT2D eigenvalue weighted by molar-refractivity contribution is 5.94. The topological polar surface area (TPSA) is 99.2 Å². The van der Waals surface area contributed by atoms with Gasteiger partial charge in [0.2, 0.25) is 12.0 Å². The van der Waals surface area contributed by atoms with Crippen LogP contribution in [0.4, 0.5) is 25.0 Å². The summed E-state index contributed by atoms with van der Waals surface area (Å²) >= 11 is 0. The third-order valence-corrected chi connectivity index (χ3v) is 3.75. The monoisotopic (exact) mass is 353 g/mol. The van der Waals surface area contributed by atoms with Crippen LogP contribution in [0.15, 0.2) is 24.4 Å². The van der Waals surface area contributed by atoms with Gasteiger partial charge < -0.3 is 20.1 Å². The van der Waals surface area contributed by atoms with Crippen LogP contribution in [0.2, 0.25) is 0 Å². The van der Waals surface area contributed by atoms with E-state index in [9.17, 15) is 23.2 Å². The van der Waals surface area contributed by atoms with Crippen molar-refractivity contribution >= 4 is 29.3 Å². The van der Waals surface area contributed by atoms with Crippen molar-refractivity contribution < 1.29 is 33.0 Å². The molecule has 1 aromatic rings. The first-order chi connectivity index (χ1) is 11.9. The van der Waals surface area contributed by atoms with E-state index in [1.807, 2.05) is 0 Å². The lowest BCUT2D eigenvalue weighted by Gasteiger charge is -2.22. The molecule has 0 aliphatic carbocycles. The van der Waals surface area contributed by atoms with Gasteiger partial charge in [-0.1, -0.05) is 0 Å². The summed E-state index contributed by atoms with van der Waals surface area (Å²) in [5, 5.41) is 11.4. The van der Waals surface area contributed by atoms with E-state index in [-0.39, 0.29) is 36.9 Å². The number of rotatable bonds is 3. The number of hydrogen-bond donors (Lipinski definition) is 2. The van der Waals surface area contributed by atoms with E-state index in [4.69, 9.17) is 5.11 Å². The van der Waals surface area contributed by atoms with Crippen molar-refractivity contribution in [1.82, 2.24) is 5.32 Å². The van der Waals surface area contributed by atoms with Gasteiger partial charge in [0.15, 0.2) is 11.6 Å². The lowest BCUT2D eigenvalue weighted by molar-refractivity contribution is -0.144. The molecule has 0 spiro atoms. The molecule has 2 aliphatic heterocycles. The molecule has 2 aliphatic rings. The third kappa shape index (κ3) is 3.23. The van der Waals surface area contributed by atoms with E-state index < -0.39 is 29.8 Å². The second kappa shape index (κ2) is 6.38. The van der Waals surface area contributed by atoms with Crippen molar-refractivity contribution in [2.45, 2.75) is 6.10 Å². The number of anilines is 2. The normalized spacial score (nSPS) is 20.3. The van der Waals surface area contributed by atoms with E-state index in [1.165, 1.54) is 11.1 Å². The van der Waals surface area contributed by atoms with Crippen molar-refractivity contribution in [3.63, 3.8) is 0 Å². The largest absolute Gasteiger partial charge is 0.478 e. The maximum Gasteiger partial charge on any atom is 0.415 e. The molecule has 10 heteroatoms. The summed E-state index contributed by atoms with van der Waals surface area (Å²) in [5.74, 6) is -3.64. The molecule has 1 atom stereocenters. The Morgan fingerprint density at radius 2 is 1.96 bits per heavy atom. The predicted octanol–water partition coefficient (Wildman–Crippen LogP) is 0.825. The molecule has 0 saturated carbocycles. The van der Waals surface area contributed by atoms with Gasteiger partial charge in [-0.2, -0.15) is 0 Å². The molecular formula is C15H13F2N3O5. The van der Waals surface area contributed by atoms with Crippen molar-refractivity contribution in [3.8, 4) is 0 Å². The van der Waals surface area contributed by atoms with E-state index in [0.29, 0.717) is 0 Å². The molecule has 3 rings (SSSR count). The van der Waals surface area contributed by atoms with Crippen LogP contribution in [0.25, 0.3) is 0 Å². The Morgan fingerprint density at radius 3 is 2.56 bits per heavy atom. The molecule has 8 nitrogen and oxygen atoms in total. The lowest BCUT2D eigenvalue weighted by atomic mass is 10.2. The first-order valence-electron chi connectivity index (χ1n) is 7.29. The quantitative estimate of drug-likeness (QED) is 0.835. The zero-order valence-corrected chi connectivity index (χ0v) is 12.7. The van der Waals surface area contributed by atoms with Gasteiger partial charge in [0.05, 0.1) is 12.2 Å². The summed E-state index contributed by atoms with van der Waals surface area (Å²) in [4.78, 5) is 35.9. The number of aliphatic carboxylic acids is 1. The fraction of sp³-hybridized carbons (Fsp3) is 0.267. The minimum absolute atomic E-state index is 0.152.